The summed E-state index contributed by atoms with van der Waals surface area (Å²) in [5.74, 6) is 1.66. The van der Waals surface area contributed by atoms with E-state index in [1.807, 2.05) is 11.0 Å². The maximum Gasteiger partial charge on any atom is 0.231 e. The Morgan fingerprint density at radius 2 is 2.13 bits per heavy atom. The third kappa shape index (κ3) is 1.58. The summed E-state index contributed by atoms with van der Waals surface area (Å²) in [4.78, 5) is 14.7. The van der Waals surface area contributed by atoms with E-state index in [1.165, 1.54) is 5.57 Å². The maximum absolute atomic E-state index is 12.7. The van der Waals surface area contributed by atoms with E-state index in [0.29, 0.717) is 13.0 Å². The van der Waals surface area contributed by atoms with Crippen LogP contribution in [-0.2, 0) is 21.5 Å². The minimum atomic E-state index is -0.429. The van der Waals surface area contributed by atoms with Gasteiger partial charge in [0.25, 0.3) is 0 Å². The van der Waals surface area contributed by atoms with Crippen molar-refractivity contribution in [2.24, 2.45) is 0 Å². The summed E-state index contributed by atoms with van der Waals surface area (Å²) in [7, 11) is 1.71. The molecule has 0 saturated carbocycles. The Kier molecular flexibility index (Phi) is 2.52. The topological polar surface area (TPSA) is 48.0 Å². The zero-order valence-electron chi connectivity index (χ0n) is 12.9. The highest BCUT2D eigenvalue weighted by Crippen LogP contribution is 2.53. The molecule has 1 aromatic rings. The van der Waals surface area contributed by atoms with Crippen LogP contribution in [0.15, 0.2) is 35.9 Å². The first kappa shape index (κ1) is 13.2. The standard InChI is InChI=1S/C18H17NO4/c1-21-13-3-2-12-4-5-19-17(20)7-11-6-15-16(23-10-22-15)8-14(11)18(12,19)9-13/h2-4,6,8,13H,5,7,9-10H2,1H3/t13-,18-/m0/s1. The van der Waals surface area contributed by atoms with Gasteiger partial charge in [-0.25, -0.2) is 0 Å². The van der Waals surface area contributed by atoms with Crippen LogP contribution < -0.4 is 9.47 Å². The molecule has 5 rings (SSSR count). The molecule has 5 nitrogen and oxygen atoms in total. The van der Waals surface area contributed by atoms with Crippen molar-refractivity contribution >= 4 is 5.91 Å². The fourth-order valence-corrected chi connectivity index (χ4v) is 4.34. The Morgan fingerprint density at radius 3 is 2.96 bits per heavy atom. The van der Waals surface area contributed by atoms with Crippen molar-refractivity contribution in [2.45, 2.75) is 24.5 Å². The molecular formula is C18H17NO4. The van der Waals surface area contributed by atoms with Gasteiger partial charge >= 0.3 is 0 Å². The van der Waals surface area contributed by atoms with E-state index in [-0.39, 0.29) is 18.8 Å². The van der Waals surface area contributed by atoms with Gasteiger partial charge in [-0.2, -0.15) is 0 Å². The average Bonchev–Trinajstić information content (AvgIpc) is 3.17. The van der Waals surface area contributed by atoms with Crippen LogP contribution in [0.5, 0.6) is 11.5 Å². The van der Waals surface area contributed by atoms with Crippen molar-refractivity contribution in [1.82, 2.24) is 4.90 Å². The summed E-state index contributed by atoms with van der Waals surface area (Å²) in [6.07, 6.45) is 7.48. The van der Waals surface area contributed by atoms with E-state index in [4.69, 9.17) is 14.2 Å². The fraction of sp³-hybridized carbons (Fsp3) is 0.389. The van der Waals surface area contributed by atoms with Crippen molar-refractivity contribution in [3.63, 3.8) is 0 Å². The average molecular weight is 311 g/mol. The van der Waals surface area contributed by atoms with Crippen LogP contribution in [-0.4, -0.2) is 37.4 Å². The number of hydrogen-bond acceptors (Lipinski definition) is 4. The van der Waals surface area contributed by atoms with Crippen molar-refractivity contribution < 1.29 is 19.0 Å². The highest BCUT2D eigenvalue weighted by Gasteiger charge is 2.53. The number of carbonyl (C=O) groups excluding carboxylic acids is 1. The summed E-state index contributed by atoms with van der Waals surface area (Å²) in [5.41, 5.74) is 2.94. The van der Waals surface area contributed by atoms with Gasteiger partial charge in [0.2, 0.25) is 12.7 Å². The van der Waals surface area contributed by atoms with Gasteiger partial charge in [-0.3, -0.25) is 4.79 Å². The van der Waals surface area contributed by atoms with Crippen LogP contribution in [0.4, 0.5) is 0 Å². The van der Waals surface area contributed by atoms with Crippen LogP contribution in [0, 0.1) is 0 Å². The first-order chi connectivity index (χ1) is 11.2. The molecule has 0 aromatic heterocycles. The Labute approximate surface area is 134 Å². The van der Waals surface area contributed by atoms with E-state index in [1.54, 1.807) is 7.11 Å². The lowest BCUT2D eigenvalue weighted by molar-refractivity contribution is -0.136. The molecular weight excluding hydrogens is 294 g/mol. The third-order valence-corrected chi connectivity index (χ3v) is 5.41. The highest BCUT2D eigenvalue weighted by molar-refractivity contribution is 5.85. The Hall–Kier alpha value is -2.27. The van der Waals surface area contributed by atoms with Crippen molar-refractivity contribution in [2.75, 3.05) is 20.4 Å². The molecule has 0 radical (unpaired) electrons. The number of fused-ring (bicyclic) bond motifs is 2. The highest BCUT2D eigenvalue weighted by atomic mass is 16.7. The van der Waals surface area contributed by atoms with Crippen molar-refractivity contribution in [1.29, 1.82) is 0 Å². The van der Waals surface area contributed by atoms with Gasteiger partial charge in [0, 0.05) is 20.1 Å². The lowest BCUT2D eigenvalue weighted by atomic mass is 9.71. The number of hydrogen-bond donors (Lipinski definition) is 0. The minimum absolute atomic E-state index is 0.00285. The molecule has 23 heavy (non-hydrogen) atoms. The van der Waals surface area contributed by atoms with Gasteiger partial charge in [-0.15, -0.1) is 0 Å². The number of amides is 1. The minimum Gasteiger partial charge on any atom is -0.454 e. The maximum atomic E-state index is 12.7. The number of rotatable bonds is 1. The molecule has 3 aliphatic heterocycles. The van der Waals surface area contributed by atoms with E-state index in [9.17, 15) is 4.79 Å². The molecule has 0 unspecified atom stereocenters. The fourth-order valence-electron chi connectivity index (χ4n) is 4.34. The van der Waals surface area contributed by atoms with Gasteiger partial charge < -0.3 is 19.1 Å². The summed E-state index contributed by atoms with van der Waals surface area (Å²) in [6, 6.07) is 4.03. The number of ether oxygens (including phenoxy) is 3. The molecule has 2 atom stereocenters. The van der Waals surface area contributed by atoms with E-state index in [0.717, 1.165) is 29.0 Å². The van der Waals surface area contributed by atoms with E-state index < -0.39 is 5.54 Å². The number of carbonyl (C=O) groups is 1. The van der Waals surface area contributed by atoms with Gasteiger partial charge in [0.1, 0.15) is 0 Å². The summed E-state index contributed by atoms with van der Waals surface area (Å²) in [5, 5.41) is 0. The molecule has 1 spiro atoms. The Balaban J connectivity index is 1.75. The van der Waals surface area contributed by atoms with Crippen LogP contribution in [0.25, 0.3) is 0 Å². The Bertz CT molecular complexity index is 781. The second-order valence-corrected chi connectivity index (χ2v) is 6.40. The van der Waals surface area contributed by atoms with Gasteiger partial charge in [-0.1, -0.05) is 18.2 Å². The summed E-state index contributed by atoms with van der Waals surface area (Å²) in [6.45, 7) is 0.898. The zero-order valence-corrected chi connectivity index (χ0v) is 12.9. The van der Waals surface area contributed by atoms with Crippen LogP contribution in [0.3, 0.4) is 0 Å². The molecule has 4 aliphatic rings. The van der Waals surface area contributed by atoms with Gasteiger partial charge in [0.15, 0.2) is 11.5 Å². The zero-order chi connectivity index (χ0) is 15.6. The molecule has 0 bridgehead atoms. The lowest BCUT2D eigenvalue weighted by Gasteiger charge is -2.48. The lowest BCUT2D eigenvalue weighted by Crippen LogP contribution is -2.53. The smallest absolute Gasteiger partial charge is 0.231 e. The van der Waals surface area contributed by atoms with Crippen LogP contribution >= 0.6 is 0 Å². The van der Waals surface area contributed by atoms with Gasteiger partial charge in [0.05, 0.1) is 18.1 Å². The molecule has 0 N–H and O–H groups in total. The molecule has 0 saturated heterocycles. The number of nitrogens with zero attached hydrogens (tertiary/aromatic N) is 1. The molecule has 1 aromatic carbocycles. The molecule has 118 valence electrons. The molecule has 0 fully saturated rings. The monoisotopic (exact) mass is 311 g/mol. The normalized spacial score (nSPS) is 30.0. The molecule has 1 aliphatic carbocycles. The quantitative estimate of drug-likeness (QED) is 0.795. The summed E-state index contributed by atoms with van der Waals surface area (Å²) < 4.78 is 16.6. The first-order valence-corrected chi connectivity index (χ1v) is 7.87. The van der Waals surface area contributed by atoms with E-state index in [2.05, 4.69) is 24.3 Å². The summed E-state index contributed by atoms with van der Waals surface area (Å²) >= 11 is 0. The van der Waals surface area contributed by atoms with Crippen LogP contribution in [0.2, 0.25) is 0 Å². The predicted octanol–water partition coefficient (Wildman–Crippen LogP) is 1.91. The van der Waals surface area contributed by atoms with Gasteiger partial charge in [-0.05, 0) is 28.8 Å². The van der Waals surface area contributed by atoms with Crippen molar-refractivity contribution in [3.8, 4) is 11.5 Å². The third-order valence-electron chi connectivity index (χ3n) is 5.41. The SMILES string of the molecule is CO[C@H]1C=CC2=CCN3C(=O)Cc4cc5c(cc4[C@]23C1)OCO5. The molecule has 3 heterocycles. The Morgan fingerprint density at radius 1 is 1.30 bits per heavy atom. The second kappa shape index (κ2) is 4.38. The molecule has 5 heteroatoms. The molecule has 1 amide bonds. The second-order valence-electron chi connectivity index (χ2n) is 6.40. The largest absolute Gasteiger partial charge is 0.454 e. The van der Waals surface area contributed by atoms with Crippen molar-refractivity contribution in [3.05, 3.63) is 47.1 Å². The number of benzene rings is 1. The number of methoxy groups -OCH3 is 1. The first-order valence-electron chi connectivity index (χ1n) is 7.87. The predicted molar refractivity (Wildman–Crippen MR) is 82.3 cm³/mol. The van der Waals surface area contributed by atoms with E-state index >= 15 is 0 Å². The van der Waals surface area contributed by atoms with Crippen LogP contribution in [0.1, 0.15) is 17.5 Å².